The van der Waals surface area contributed by atoms with Crippen molar-refractivity contribution in [3.63, 3.8) is 0 Å². The molecule has 1 amide bonds. The molecule has 3 aromatic heterocycles. The number of amides is 1. The number of H-pyrrole nitrogens is 1. The van der Waals surface area contributed by atoms with Crippen LogP contribution in [0.1, 0.15) is 67.4 Å². The fourth-order valence-electron chi connectivity index (χ4n) is 7.06. The molecule has 0 bridgehead atoms. The first kappa shape index (κ1) is 37.1. The van der Waals surface area contributed by atoms with Gasteiger partial charge in [0.25, 0.3) is 5.91 Å². The maximum atomic E-state index is 12.9. The lowest BCUT2D eigenvalue weighted by Gasteiger charge is -2.51. The van der Waals surface area contributed by atoms with Crippen LogP contribution in [-0.4, -0.2) is 101 Å². The number of nitrogens with one attached hydrogen (secondary N) is 2. The van der Waals surface area contributed by atoms with Crippen molar-refractivity contribution in [2.24, 2.45) is 0 Å². The largest absolute Gasteiger partial charge is 0.484 e. The predicted octanol–water partition coefficient (Wildman–Crippen LogP) is 4.84. The average molecular weight is 740 g/mol. The summed E-state index contributed by atoms with van der Waals surface area (Å²) in [5.41, 5.74) is 1.44. The van der Waals surface area contributed by atoms with E-state index in [1.54, 1.807) is 18.5 Å². The number of carbonyl (C=O) groups excluding carboxylic acids is 1. The number of aromatic amines is 1. The fraction of sp³-hybridized carbons (Fsp3) is 0.606. The molecule has 4 aromatic rings. The summed E-state index contributed by atoms with van der Waals surface area (Å²) in [6.07, 6.45) is 1.10. The Morgan fingerprint density at radius 2 is 1.73 bits per heavy atom. The summed E-state index contributed by atoms with van der Waals surface area (Å²) in [6, 6.07) is 9.12. The summed E-state index contributed by atoms with van der Waals surface area (Å²) >= 11 is 0. The normalized spacial score (nSPS) is 23.1. The lowest BCUT2D eigenvalue weighted by molar-refractivity contribution is -0.118. The van der Waals surface area contributed by atoms with Crippen LogP contribution in [0.5, 0.6) is 5.75 Å². The van der Waals surface area contributed by atoms with Crippen molar-refractivity contribution in [1.82, 2.24) is 40.1 Å². The van der Waals surface area contributed by atoms with Crippen molar-refractivity contribution < 1.29 is 32.0 Å². The van der Waals surface area contributed by atoms with Gasteiger partial charge in [-0.05, 0) is 34.3 Å². The van der Waals surface area contributed by atoms with Gasteiger partial charge in [0.05, 0.1) is 19.5 Å². The second-order valence-electron chi connectivity index (χ2n) is 14.2. The molecule has 5 heterocycles. The highest BCUT2D eigenvalue weighted by molar-refractivity contribution is 6.84. The quantitative estimate of drug-likeness (QED) is 0.178. The zero-order valence-corrected chi connectivity index (χ0v) is 32.5. The van der Waals surface area contributed by atoms with Gasteiger partial charge < -0.3 is 32.5 Å². The topological polar surface area (TPSA) is 183 Å². The van der Waals surface area contributed by atoms with Gasteiger partial charge in [0, 0.05) is 6.42 Å². The minimum atomic E-state index is -3.00. The monoisotopic (exact) mass is 739 g/mol. The molecule has 276 valence electrons. The molecule has 51 heavy (non-hydrogen) atoms. The Morgan fingerprint density at radius 1 is 1.00 bits per heavy atom. The third kappa shape index (κ3) is 7.48. The van der Waals surface area contributed by atoms with Crippen LogP contribution in [0.2, 0.25) is 22.2 Å². The Kier molecular flexibility index (Phi) is 11.3. The number of para-hydroxylation sites is 1. The number of imidazole rings is 1. The second kappa shape index (κ2) is 15.5. The van der Waals surface area contributed by atoms with Gasteiger partial charge in [0.2, 0.25) is 0 Å². The zero-order valence-electron chi connectivity index (χ0n) is 30.5. The van der Waals surface area contributed by atoms with Crippen molar-refractivity contribution in [3.8, 4) is 5.75 Å². The molecule has 0 radical (unpaired) electrons. The molecular formula is C33H49N9O7Si2. The Balaban J connectivity index is 1.34. The van der Waals surface area contributed by atoms with Gasteiger partial charge >= 0.3 is 17.1 Å². The fourth-order valence-corrected chi connectivity index (χ4v) is 18.3. The third-order valence-corrected chi connectivity index (χ3v) is 19.9. The molecule has 1 aromatic carbocycles. The van der Waals surface area contributed by atoms with Gasteiger partial charge in [0.1, 0.15) is 30.4 Å². The first-order valence-electron chi connectivity index (χ1n) is 17.6. The number of fused-ring (bicyclic) bond motifs is 2. The number of ether oxygens (including phenoxy) is 3. The minimum absolute atomic E-state index is 0.113. The SMILES string of the molecule is CC(C)[Si]1(C(C)C)OC[C@H]2O[C@@H](n3cnc4c(NC(=O)COc5ccccc5)ncnc43)[C@H](OCCc3nn[nH]n3)[C@@H]2O[Si](C(C)C)(C(C)C)O1. The second-order valence-corrected chi connectivity index (χ2v) is 23.1. The first-order chi connectivity index (χ1) is 24.4. The molecule has 4 atom stereocenters. The highest BCUT2D eigenvalue weighted by atomic mass is 28.5. The molecule has 18 heteroatoms. The Morgan fingerprint density at radius 3 is 2.39 bits per heavy atom. The van der Waals surface area contributed by atoms with Crippen LogP contribution in [-0.2, 0) is 33.7 Å². The van der Waals surface area contributed by atoms with E-state index in [-0.39, 0.29) is 53.7 Å². The van der Waals surface area contributed by atoms with Gasteiger partial charge in [-0.15, -0.1) is 10.2 Å². The van der Waals surface area contributed by atoms with Crippen LogP contribution in [0.4, 0.5) is 5.82 Å². The molecule has 0 saturated carbocycles. The van der Waals surface area contributed by atoms with Crippen LogP contribution in [0.3, 0.4) is 0 Å². The molecule has 2 N–H and O–H groups in total. The summed E-state index contributed by atoms with van der Waals surface area (Å²) in [7, 11) is -5.81. The highest BCUT2D eigenvalue weighted by Crippen LogP contribution is 2.49. The van der Waals surface area contributed by atoms with Crippen molar-refractivity contribution in [1.29, 1.82) is 0 Å². The Hall–Kier alpha value is -3.66. The molecule has 2 aliphatic rings. The summed E-state index contributed by atoms with van der Waals surface area (Å²) in [5, 5.41) is 17.2. The predicted molar refractivity (Wildman–Crippen MR) is 191 cm³/mol. The maximum absolute atomic E-state index is 12.9. The van der Waals surface area contributed by atoms with Crippen molar-refractivity contribution >= 4 is 40.0 Å². The number of benzene rings is 1. The summed E-state index contributed by atoms with van der Waals surface area (Å²) in [5.74, 6) is 0.982. The van der Waals surface area contributed by atoms with E-state index in [0.717, 1.165) is 0 Å². The van der Waals surface area contributed by atoms with E-state index in [0.29, 0.717) is 29.2 Å². The van der Waals surface area contributed by atoms with Gasteiger partial charge in [-0.1, -0.05) is 78.8 Å². The van der Waals surface area contributed by atoms with E-state index in [2.05, 4.69) is 96.3 Å². The highest BCUT2D eigenvalue weighted by Gasteiger charge is 2.62. The van der Waals surface area contributed by atoms with E-state index >= 15 is 0 Å². The van der Waals surface area contributed by atoms with Crippen molar-refractivity contribution in [2.45, 2.75) is 109 Å². The molecule has 6 rings (SSSR count). The maximum Gasteiger partial charge on any atom is 0.335 e. The first-order valence-corrected chi connectivity index (χ1v) is 21.6. The summed E-state index contributed by atoms with van der Waals surface area (Å²) in [4.78, 5) is 26.4. The van der Waals surface area contributed by atoms with E-state index in [1.165, 1.54) is 6.33 Å². The third-order valence-electron chi connectivity index (χ3n) is 9.65. The zero-order chi connectivity index (χ0) is 36.3. The van der Waals surface area contributed by atoms with Crippen LogP contribution in [0, 0.1) is 0 Å². The van der Waals surface area contributed by atoms with E-state index in [1.807, 2.05) is 22.8 Å². The lowest BCUT2D eigenvalue weighted by Crippen LogP contribution is -2.66. The van der Waals surface area contributed by atoms with Gasteiger partial charge in [-0.3, -0.25) is 9.36 Å². The summed E-state index contributed by atoms with van der Waals surface area (Å²) in [6.45, 7) is 17.8. The van der Waals surface area contributed by atoms with E-state index in [4.69, 9.17) is 27.2 Å². The van der Waals surface area contributed by atoms with E-state index in [9.17, 15) is 4.79 Å². The molecule has 0 unspecified atom stereocenters. The number of aromatic nitrogens is 8. The van der Waals surface area contributed by atoms with Crippen LogP contribution in [0.15, 0.2) is 43.0 Å². The average Bonchev–Trinajstić information content (AvgIpc) is 3.84. The van der Waals surface area contributed by atoms with Gasteiger partial charge in [0.15, 0.2) is 35.6 Å². The van der Waals surface area contributed by atoms with Gasteiger partial charge in [-0.2, -0.15) is 5.21 Å². The number of rotatable bonds is 13. The number of hydrogen-bond acceptors (Lipinski definition) is 13. The number of anilines is 1. The molecule has 2 aliphatic heterocycles. The molecular weight excluding hydrogens is 691 g/mol. The molecule has 16 nitrogen and oxygen atoms in total. The van der Waals surface area contributed by atoms with Crippen LogP contribution in [0.25, 0.3) is 11.2 Å². The molecule has 0 aliphatic carbocycles. The number of carbonyl (C=O) groups is 1. The van der Waals surface area contributed by atoms with Crippen LogP contribution >= 0.6 is 0 Å². The Bertz CT molecular complexity index is 1730. The Labute approximate surface area is 299 Å². The lowest BCUT2D eigenvalue weighted by atomic mass is 10.1. The smallest absolute Gasteiger partial charge is 0.335 e. The number of nitrogens with zero attached hydrogens (tertiary/aromatic N) is 7. The van der Waals surface area contributed by atoms with Crippen LogP contribution < -0.4 is 10.1 Å². The molecule has 0 spiro atoms. The molecule has 2 fully saturated rings. The minimum Gasteiger partial charge on any atom is -0.484 e. The standard InChI is InChI=1S/C33H49N9O7Si2/c1-20(2)50(21(3)4)46-16-25-29(48-51(49-50,22(5)6)23(7)8)30(44-15-14-26-38-40-41-39-26)33(47-25)42-19-36-28-31(34-18-35-32(28)42)37-27(43)17-45-24-12-10-9-11-13-24/h9-13,18-23,25,29-30,33H,14-17H2,1-8H3,(H,34,35,37,43)(H,38,39,40,41)/t25-,29-,30-,33-/m1/s1. The van der Waals surface area contributed by atoms with Gasteiger partial charge in [-0.25, -0.2) is 15.0 Å². The number of tetrazole rings is 1. The van der Waals surface area contributed by atoms with Crippen molar-refractivity contribution in [3.05, 3.63) is 48.8 Å². The van der Waals surface area contributed by atoms with Crippen molar-refractivity contribution in [2.75, 3.05) is 25.1 Å². The number of hydrogen-bond donors (Lipinski definition) is 2. The van der Waals surface area contributed by atoms with E-state index < -0.39 is 41.7 Å². The summed E-state index contributed by atoms with van der Waals surface area (Å²) < 4.78 is 42.8. The molecule has 2 saturated heterocycles.